The van der Waals surface area contributed by atoms with Gasteiger partial charge in [-0.25, -0.2) is 4.79 Å². The zero-order valence-electron chi connectivity index (χ0n) is 20.8. The Morgan fingerprint density at radius 3 is 2.09 bits per heavy atom. The Kier molecular flexibility index (Phi) is 9.29. The number of hydrogen-bond donors (Lipinski definition) is 3. The number of nitrogens with one attached hydrogen (secondary N) is 2. The van der Waals surface area contributed by atoms with Crippen LogP contribution in [0.25, 0.3) is 11.1 Å². The van der Waals surface area contributed by atoms with Crippen LogP contribution in [0.1, 0.15) is 63.5 Å². The molecule has 0 aliphatic heterocycles. The van der Waals surface area contributed by atoms with Crippen molar-refractivity contribution in [1.82, 2.24) is 10.6 Å². The predicted molar refractivity (Wildman–Crippen MR) is 135 cm³/mol. The lowest BCUT2D eigenvalue weighted by atomic mass is 9.98. The number of carbonyl (C=O) groups is 3. The van der Waals surface area contributed by atoms with Gasteiger partial charge in [-0.2, -0.15) is 0 Å². The smallest absolute Gasteiger partial charge is 0.407 e. The maximum Gasteiger partial charge on any atom is 0.407 e. The number of ether oxygens (including phenoxy) is 1. The number of amides is 2. The lowest BCUT2D eigenvalue weighted by molar-refractivity contribution is -0.142. The molecule has 0 saturated heterocycles. The van der Waals surface area contributed by atoms with Crippen molar-refractivity contribution < 1.29 is 24.2 Å². The van der Waals surface area contributed by atoms with E-state index in [1.54, 1.807) is 0 Å². The predicted octanol–water partition coefficient (Wildman–Crippen LogP) is 4.95. The van der Waals surface area contributed by atoms with Gasteiger partial charge in [-0.3, -0.25) is 9.59 Å². The van der Waals surface area contributed by atoms with Crippen molar-refractivity contribution in [2.45, 2.75) is 58.4 Å². The fraction of sp³-hybridized carbons (Fsp3) is 0.464. The molecule has 0 spiro atoms. The molecule has 0 saturated carbocycles. The number of carboxylic acid groups (broad SMARTS) is 1. The Morgan fingerprint density at radius 2 is 1.54 bits per heavy atom. The summed E-state index contributed by atoms with van der Waals surface area (Å²) in [4.78, 5) is 37.0. The monoisotopic (exact) mass is 480 g/mol. The maximum absolute atomic E-state index is 12.8. The van der Waals surface area contributed by atoms with E-state index >= 15 is 0 Å². The normalized spacial score (nSPS) is 14.1. The van der Waals surface area contributed by atoms with Gasteiger partial charge in [0.2, 0.25) is 5.91 Å². The van der Waals surface area contributed by atoms with E-state index in [2.05, 4.69) is 34.9 Å². The molecule has 1 aliphatic carbocycles. The summed E-state index contributed by atoms with van der Waals surface area (Å²) < 4.78 is 5.61. The van der Waals surface area contributed by atoms with Crippen molar-refractivity contribution in [1.29, 1.82) is 0 Å². The van der Waals surface area contributed by atoms with E-state index in [1.807, 2.05) is 45.0 Å². The standard InChI is InChI=1S/C28H36N2O5/c1-4-9-19(27(32)33)16-29-26(31)25(15-14-18(2)3)30-28(34)35-17-24-22-12-7-5-10-20(22)21-11-6-8-13-23(21)24/h5-8,10-13,18-19,24-25H,4,9,14-17H2,1-3H3,(H,29,31)(H,30,34)(H,32,33). The molecule has 0 aromatic heterocycles. The van der Waals surface area contributed by atoms with Gasteiger partial charge in [-0.1, -0.05) is 75.7 Å². The number of rotatable bonds is 12. The highest BCUT2D eigenvalue weighted by molar-refractivity contribution is 5.86. The van der Waals surface area contributed by atoms with Gasteiger partial charge in [0.1, 0.15) is 12.6 Å². The number of carbonyl (C=O) groups excluding carboxylic acids is 2. The van der Waals surface area contributed by atoms with Crippen LogP contribution in [-0.2, 0) is 14.3 Å². The van der Waals surface area contributed by atoms with Crippen LogP contribution in [-0.4, -0.2) is 42.3 Å². The Morgan fingerprint density at radius 1 is 0.943 bits per heavy atom. The zero-order valence-corrected chi connectivity index (χ0v) is 20.8. The van der Waals surface area contributed by atoms with Gasteiger partial charge < -0.3 is 20.5 Å². The third-order valence-electron chi connectivity index (χ3n) is 6.49. The number of alkyl carbamates (subject to hydrolysis) is 1. The van der Waals surface area contributed by atoms with Gasteiger partial charge >= 0.3 is 12.1 Å². The fourth-order valence-corrected chi connectivity index (χ4v) is 4.56. The van der Waals surface area contributed by atoms with E-state index < -0.39 is 24.0 Å². The van der Waals surface area contributed by atoms with E-state index in [-0.39, 0.29) is 25.0 Å². The minimum atomic E-state index is -0.935. The second-order valence-electron chi connectivity index (χ2n) is 9.56. The maximum atomic E-state index is 12.8. The Labute approximate surface area is 207 Å². The summed E-state index contributed by atoms with van der Waals surface area (Å²) in [6.07, 6.45) is 1.71. The Hall–Kier alpha value is -3.35. The topological polar surface area (TPSA) is 105 Å². The molecule has 3 N–H and O–H groups in total. The van der Waals surface area contributed by atoms with Crippen molar-refractivity contribution in [3.63, 3.8) is 0 Å². The van der Waals surface area contributed by atoms with Crippen LogP contribution in [0.15, 0.2) is 48.5 Å². The summed E-state index contributed by atoms with van der Waals surface area (Å²) in [5.74, 6) is -1.69. The Balaban J connectivity index is 1.62. The molecule has 7 nitrogen and oxygen atoms in total. The number of aliphatic carboxylic acids is 1. The molecular formula is C28H36N2O5. The Bertz CT molecular complexity index is 990. The average molecular weight is 481 g/mol. The molecule has 35 heavy (non-hydrogen) atoms. The molecule has 2 aromatic carbocycles. The first kappa shape index (κ1) is 26.3. The first-order valence-electron chi connectivity index (χ1n) is 12.4. The summed E-state index contributed by atoms with van der Waals surface area (Å²) in [6, 6.07) is 15.4. The number of hydrogen-bond acceptors (Lipinski definition) is 4. The van der Waals surface area contributed by atoms with Crippen LogP contribution in [0.2, 0.25) is 0 Å². The average Bonchev–Trinajstić information content (AvgIpc) is 3.16. The third kappa shape index (κ3) is 6.84. The number of fused-ring (bicyclic) bond motifs is 3. The second-order valence-corrected chi connectivity index (χ2v) is 9.56. The quantitative estimate of drug-likeness (QED) is 0.399. The lowest BCUT2D eigenvalue weighted by Crippen LogP contribution is -2.48. The summed E-state index contributed by atoms with van der Waals surface area (Å²) in [5, 5.41) is 14.8. The first-order chi connectivity index (χ1) is 16.8. The minimum absolute atomic E-state index is 0.0343. The molecule has 0 fully saturated rings. The van der Waals surface area contributed by atoms with Crippen molar-refractivity contribution in [3.05, 3.63) is 59.7 Å². The number of carboxylic acids is 1. The van der Waals surface area contributed by atoms with Crippen LogP contribution < -0.4 is 10.6 Å². The van der Waals surface area contributed by atoms with Crippen LogP contribution in [0, 0.1) is 11.8 Å². The molecule has 0 radical (unpaired) electrons. The zero-order chi connectivity index (χ0) is 25.4. The van der Waals surface area contributed by atoms with Gasteiger partial charge in [0.25, 0.3) is 0 Å². The van der Waals surface area contributed by atoms with Gasteiger partial charge in [-0.05, 0) is 47.4 Å². The van der Waals surface area contributed by atoms with Gasteiger partial charge in [-0.15, -0.1) is 0 Å². The lowest BCUT2D eigenvalue weighted by Gasteiger charge is -2.21. The second kappa shape index (κ2) is 12.4. The molecule has 3 rings (SSSR count). The van der Waals surface area contributed by atoms with E-state index in [9.17, 15) is 19.5 Å². The van der Waals surface area contributed by atoms with Crippen LogP contribution in [0.4, 0.5) is 4.79 Å². The van der Waals surface area contributed by atoms with Crippen LogP contribution >= 0.6 is 0 Å². The van der Waals surface area contributed by atoms with Crippen molar-refractivity contribution in [3.8, 4) is 11.1 Å². The SMILES string of the molecule is CCCC(CNC(=O)C(CCC(C)C)NC(=O)OCC1c2ccccc2-c2ccccc21)C(=O)O. The molecule has 1 aliphatic rings. The van der Waals surface area contributed by atoms with E-state index in [0.29, 0.717) is 25.2 Å². The van der Waals surface area contributed by atoms with Crippen molar-refractivity contribution in [2.24, 2.45) is 11.8 Å². The van der Waals surface area contributed by atoms with Crippen molar-refractivity contribution in [2.75, 3.05) is 13.2 Å². The summed E-state index contributed by atoms with van der Waals surface area (Å²) in [6.45, 7) is 6.19. The van der Waals surface area contributed by atoms with Crippen LogP contribution in [0.3, 0.4) is 0 Å². The highest BCUT2D eigenvalue weighted by atomic mass is 16.5. The van der Waals surface area contributed by atoms with E-state index in [0.717, 1.165) is 28.7 Å². The molecule has 0 bridgehead atoms. The number of benzene rings is 2. The highest BCUT2D eigenvalue weighted by Gasteiger charge is 2.30. The first-order valence-corrected chi connectivity index (χ1v) is 12.4. The van der Waals surface area contributed by atoms with Crippen LogP contribution in [0.5, 0.6) is 0 Å². The molecule has 2 aromatic rings. The van der Waals surface area contributed by atoms with Crippen molar-refractivity contribution >= 4 is 18.0 Å². The van der Waals surface area contributed by atoms with E-state index in [4.69, 9.17) is 4.74 Å². The summed E-state index contributed by atoms with van der Waals surface area (Å²) in [5.41, 5.74) is 4.52. The van der Waals surface area contributed by atoms with Gasteiger partial charge in [0, 0.05) is 12.5 Å². The molecule has 7 heteroatoms. The van der Waals surface area contributed by atoms with E-state index in [1.165, 1.54) is 0 Å². The largest absolute Gasteiger partial charge is 0.481 e. The summed E-state index contributed by atoms with van der Waals surface area (Å²) >= 11 is 0. The molecule has 0 heterocycles. The molecule has 2 atom stereocenters. The summed E-state index contributed by atoms with van der Waals surface area (Å²) in [7, 11) is 0. The molecule has 2 unspecified atom stereocenters. The van der Waals surface area contributed by atoms with Gasteiger partial charge in [0.05, 0.1) is 5.92 Å². The molecule has 2 amide bonds. The third-order valence-corrected chi connectivity index (χ3v) is 6.49. The fourth-order valence-electron chi connectivity index (χ4n) is 4.56. The minimum Gasteiger partial charge on any atom is -0.481 e. The highest BCUT2D eigenvalue weighted by Crippen LogP contribution is 2.44. The van der Waals surface area contributed by atoms with Gasteiger partial charge in [0.15, 0.2) is 0 Å². The molecular weight excluding hydrogens is 444 g/mol. The molecule has 188 valence electrons.